The fraction of sp³-hybridized carbons (Fsp3) is 0.263. The predicted octanol–water partition coefficient (Wildman–Crippen LogP) is 3.01. The van der Waals surface area contributed by atoms with E-state index in [1.165, 1.54) is 12.0 Å². The topological polar surface area (TPSA) is 72.7 Å². The van der Waals surface area contributed by atoms with Crippen molar-refractivity contribution >= 4 is 11.9 Å². The normalized spacial score (nSPS) is 13.3. The second kappa shape index (κ2) is 6.47. The van der Waals surface area contributed by atoms with Gasteiger partial charge >= 0.3 is 0 Å². The number of anilines is 1. The van der Waals surface area contributed by atoms with E-state index >= 15 is 0 Å². The van der Waals surface area contributed by atoms with Crippen LogP contribution in [0.4, 0.5) is 5.95 Å². The molecular formula is C19H19N5O. The van der Waals surface area contributed by atoms with E-state index < -0.39 is 0 Å². The number of hydrogen-bond acceptors (Lipinski definition) is 4. The Morgan fingerprint density at radius 2 is 1.96 bits per heavy atom. The number of nitrogens with zero attached hydrogens (tertiary/aromatic N) is 4. The third-order valence-corrected chi connectivity index (χ3v) is 4.47. The average molecular weight is 333 g/mol. The summed E-state index contributed by atoms with van der Waals surface area (Å²) in [6.07, 6.45) is 6.11. The molecule has 6 nitrogen and oxygen atoms in total. The largest absolute Gasteiger partial charge is 0.289 e. The zero-order valence-corrected chi connectivity index (χ0v) is 14.1. The molecule has 4 rings (SSSR count). The highest BCUT2D eigenvalue weighted by Crippen LogP contribution is 2.21. The molecule has 1 aliphatic carbocycles. The highest BCUT2D eigenvalue weighted by atomic mass is 16.2. The first-order chi connectivity index (χ1) is 12.2. The molecule has 0 fully saturated rings. The van der Waals surface area contributed by atoms with Crippen molar-refractivity contribution in [3.63, 3.8) is 0 Å². The van der Waals surface area contributed by atoms with Gasteiger partial charge < -0.3 is 0 Å². The van der Waals surface area contributed by atoms with Crippen LogP contribution in [0.3, 0.4) is 0 Å². The van der Waals surface area contributed by atoms with Crippen LogP contribution >= 0.6 is 0 Å². The summed E-state index contributed by atoms with van der Waals surface area (Å²) in [6.45, 7) is 0. The van der Waals surface area contributed by atoms with E-state index in [1.807, 2.05) is 43.6 Å². The number of amides is 1. The SMILES string of the molecule is Cn1nc(C(=O)Nc2ncc3c(n2)CCCC3)cc1-c1ccccc1. The van der Waals surface area contributed by atoms with E-state index in [4.69, 9.17) is 0 Å². The summed E-state index contributed by atoms with van der Waals surface area (Å²) >= 11 is 0. The van der Waals surface area contributed by atoms with Crippen molar-refractivity contribution in [3.05, 3.63) is 59.5 Å². The summed E-state index contributed by atoms with van der Waals surface area (Å²) < 4.78 is 1.71. The zero-order chi connectivity index (χ0) is 17.2. The lowest BCUT2D eigenvalue weighted by Crippen LogP contribution is -2.17. The van der Waals surface area contributed by atoms with Crippen LogP contribution in [-0.4, -0.2) is 25.7 Å². The van der Waals surface area contributed by atoms with Crippen LogP contribution in [0.5, 0.6) is 0 Å². The Morgan fingerprint density at radius 1 is 1.16 bits per heavy atom. The zero-order valence-electron chi connectivity index (χ0n) is 14.1. The maximum atomic E-state index is 12.5. The molecule has 0 bridgehead atoms. The van der Waals surface area contributed by atoms with Gasteiger partial charge in [0.05, 0.1) is 5.69 Å². The summed E-state index contributed by atoms with van der Waals surface area (Å²) in [5.74, 6) is 0.0473. The second-order valence-electron chi connectivity index (χ2n) is 6.23. The van der Waals surface area contributed by atoms with Crippen molar-refractivity contribution in [1.82, 2.24) is 19.7 Å². The number of aryl methyl sites for hydroxylation is 3. The number of carbonyl (C=O) groups is 1. The van der Waals surface area contributed by atoms with Crippen LogP contribution in [0.2, 0.25) is 0 Å². The molecule has 2 heterocycles. The van der Waals surface area contributed by atoms with Gasteiger partial charge in [-0.15, -0.1) is 0 Å². The maximum Gasteiger partial charge on any atom is 0.278 e. The van der Waals surface area contributed by atoms with Crippen LogP contribution in [0, 0.1) is 0 Å². The molecule has 3 aromatic rings. The van der Waals surface area contributed by atoms with E-state index in [0.717, 1.165) is 36.2 Å². The third kappa shape index (κ3) is 3.15. The molecule has 1 aliphatic rings. The molecule has 0 radical (unpaired) electrons. The van der Waals surface area contributed by atoms with Gasteiger partial charge in [-0.2, -0.15) is 5.10 Å². The second-order valence-corrected chi connectivity index (χ2v) is 6.23. The molecule has 1 aromatic carbocycles. The molecule has 0 aliphatic heterocycles. The van der Waals surface area contributed by atoms with Crippen molar-refractivity contribution in [2.45, 2.75) is 25.7 Å². The van der Waals surface area contributed by atoms with Crippen LogP contribution in [0.25, 0.3) is 11.3 Å². The van der Waals surface area contributed by atoms with Crippen LogP contribution in [-0.2, 0) is 19.9 Å². The van der Waals surface area contributed by atoms with E-state index in [9.17, 15) is 4.79 Å². The number of aromatic nitrogens is 4. The third-order valence-electron chi connectivity index (χ3n) is 4.47. The molecule has 0 spiro atoms. The van der Waals surface area contributed by atoms with E-state index in [0.29, 0.717) is 11.6 Å². The Balaban J connectivity index is 1.56. The fourth-order valence-corrected chi connectivity index (χ4v) is 3.16. The van der Waals surface area contributed by atoms with E-state index in [-0.39, 0.29) is 5.91 Å². The van der Waals surface area contributed by atoms with Gasteiger partial charge in [-0.1, -0.05) is 30.3 Å². The van der Waals surface area contributed by atoms with E-state index in [2.05, 4.69) is 20.4 Å². The van der Waals surface area contributed by atoms with Gasteiger partial charge in [0.1, 0.15) is 0 Å². The molecular weight excluding hydrogens is 314 g/mol. The quantitative estimate of drug-likeness (QED) is 0.800. The minimum absolute atomic E-state index is 0.298. The Kier molecular flexibility index (Phi) is 4.01. The van der Waals surface area contributed by atoms with Gasteiger partial charge in [-0.3, -0.25) is 14.8 Å². The highest BCUT2D eigenvalue weighted by molar-refractivity contribution is 6.02. The number of hydrogen-bond donors (Lipinski definition) is 1. The first-order valence-electron chi connectivity index (χ1n) is 8.46. The maximum absolute atomic E-state index is 12.5. The summed E-state index contributed by atoms with van der Waals surface area (Å²) in [6, 6.07) is 11.6. The Labute approximate surface area is 145 Å². The standard InChI is InChI=1S/C19H19N5O/c1-24-17(13-7-3-2-4-8-13)11-16(23-24)18(25)22-19-20-12-14-9-5-6-10-15(14)21-19/h2-4,7-8,11-12H,5-6,9-10H2,1H3,(H,20,21,22,25). The predicted molar refractivity (Wildman–Crippen MR) is 95.3 cm³/mol. The van der Waals surface area contributed by atoms with Crippen molar-refractivity contribution in [2.24, 2.45) is 7.05 Å². The minimum atomic E-state index is -0.298. The first-order valence-corrected chi connectivity index (χ1v) is 8.46. The molecule has 0 saturated carbocycles. The fourth-order valence-electron chi connectivity index (χ4n) is 3.16. The molecule has 0 unspecified atom stereocenters. The smallest absolute Gasteiger partial charge is 0.278 e. The van der Waals surface area contributed by atoms with Gasteiger partial charge in [0.25, 0.3) is 5.91 Å². The van der Waals surface area contributed by atoms with Crippen LogP contribution in [0.1, 0.15) is 34.6 Å². The average Bonchev–Trinajstić information content (AvgIpc) is 3.04. The lowest BCUT2D eigenvalue weighted by molar-refractivity contribution is 0.102. The molecule has 1 amide bonds. The van der Waals surface area contributed by atoms with E-state index in [1.54, 1.807) is 10.7 Å². The molecule has 126 valence electrons. The van der Waals surface area contributed by atoms with Crippen molar-refractivity contribution in [2.75, 3.05) is 5.32 Å². The lowest BCUT2D eigenvalue weighted by atomic mass is 9.98. The van der Waals surface area contributed by atoms with Crippen molar-refractivity contribution < 1.29 is 4.79 Å². The van der Waals surface area contributed by atoms with Crippen LogP contribution in [0.15, 0.2) is 42.6 Å². The molecule has 1 N–H and O–H groups in total. The first kappa shape index (κ1) is 15.5. The minimum Gasteiger partial charge on any atom is -0.289 e. The van der Waals surface area contributed by atoms with Gasteiger partial charge in [0, 0.05) is 18.9 Å². The van der Waals surface area contributed by atoms with Crippen molar-refractivity contribution in [1.29, 1.82) is 0 Å². The van der Waals surface area contributed by atoms with Crippen molar-refractivity contribution in [3.8, 4) is 11.3 Å². The molecule has 25 heavy (non-hydrogen) atoms. The molecule has 2 aromatic heterocycles. The molecule has 0 atom stereocenters. The molecule has 0 saturated heterocycles. The summed E-state index contributed by atoms with van der Waals surface area (Å²) in [5, 5.41) is 7.08. The van der Waals surface area contributed by atoms with Crippen LogP contribution < -0.4 is 5.32 Å². The summed E-state index contributed by atoms with van der Waals surface area (Å²) in [5.41, 5.74) is 4.48. The van der Waals surface area contributed by atoms with Gasteiger partial charge in [0.15, 0.2) is 5.69 Å². The Morgan fingerprint density at radius 3 is 2.80 bits per heavy atom. The Bertz CT molecular complexity index is 917. The summed E-state index contributed by atoms with van der Waals surface area (Å²) in [7, 11) is 1.83. The van der Waals surface area contributed by atoms with Gasteiger partial charge in [0.2, 0.25) is 5.95 Å². The number of fused-ring (bicyclic) bond motifs is 1. The number of rotatable bonds is 3. The number of carbonyl (C=O) groups excluding carboxylic acids is 1. The Hall–Kier alpha value is -3.02. The molecule has 6 heteroatoms. The summed E-state index contributed by atoms with van der Waals surface area (Å²) in [4.78, 5) is 21.3. The monoisotopic (exact) mass is 333 g/mol. The van der Waals surface area contributed by atoms with Gasteiger partial charge in [-0.05, 0) is 42.9 Å². The lowest BCUT2D eigenvalue weighted by Gasteiger charge is -2.14. The number of benzene rings is 1. The van der Waals surface area contributed by atoms with Gasteiger partial charge in [-0.25, -0.2) is 9.97 Å². The number of nitrogens with one attached hydrogen (secondary N) is 1. The highest BCUT2D eigenvalue weighted by Gasteiger charge is 2.17.